The molecule has 1 N–H and O–H groups in total. The van der Waals surface area contributed by atoms with Gasteiger partial charge in [-0.05, 0) is 24.6 Å². The number of carbonyl (C=O) groups excluding carboxylic acids is 1. The molecule has 0 bridgehead atoms. The number of ketones is 1. The lowest BCUT2D eigenvalue weighted by atomic mass is 9.84. The average molecular weight is 232 g/mol. The van der Waals surface area contributed by atoms with Gasteiger partial charge < -0.3 is 9.84 Å². The molecule has 2 rings (SSSR count). The Morgan fingerprint density at radius 1 is 1.35 bits per heavy atom. The summed E-state index contributed by atoms with van der Waals surface area (Å²) in [5, 5.41) is 10.5. The van der Waals surface area contributed by atoms with Gasteiger partial charge in [-0.15, -0.1) is 0 Å². The van der Waals surface area contributed by atoms with E-state index in [0.29, 0.717) is 6.61 Å². The van der Waals surface area contributed by atoms with Crippen molar-refractivity contribution in [1.82, 2.24) is 0 Å². The van der Waals surface area contributed by atoms with Crippen molar-refractivity contribution in [2.75, 3.05) is 13.2 Å². The van der Waals surface area contributed by atoms with Gasteiger partial charge in [0.25, 0.3) is 0 Å². The second-order valence-electron chi connectivity index (χ2n) is 4.21. The molecule has 0 heterocycles. The summed E-state index contributed by atoms with van der Waals surface area (Å²) in [7, 11) is 0. The van der Waals surface area contributed by atoms with Crippen molar-refractivity contribution in [2.45, 2.75) is 18.4 Å². The Morgan fingerprint density at radius 3 is 2.71 bits per heavy atom. The molecule has 0 radical (unpaired) electrons. The first-order valence-corrected chi connectivity index (χ1v) is 5.75. The summed E-state index contributed by atoms with van der Waals surface area (Å²) < 4.78 is 5.27. The van der Waals surface area contributed by atoms with Crippen LogP contribution in [0.2, 0.25) is 0 Å². The van der Waals surface area contributed by atoms with Gasteiger partial charge in [0.1, 0.15) is 5.60 Å². The number of benzene rings is 1. The fourth-order valence-electron chi connectivity index (χ4n) is 2.16. The number of aliphatic hydroxyl groups is 1. The van der Waals surface area contributed by atoms with E-state index in [1.54, 1.807) is 6.08 Å². The van der Waals surface area contributed by atoms with Gasteiger partial charge in [-0.3, -0.25) is 4.79 Å². The Labute approximate surface area is 101 Å². The molecule has 0 fully saturated rings. The number of allylic oxidation sites excluding steroid dienone is 1. The molecule has 1 aliphatic carbocycles. The molecule has 1 aliphatic rings. The van der Waals surface area contributed by atoms with Crippen LogP contribution < -0.4 is 0 Å². The van der Waals surface area contributed by atoms with Crippen molar-refractivity contribution >= 4 is 5.78 Å². The van der Waals surface area contributed by atoms with Gasteiger partial charge in [0.2, 0.25) is 0 Å². The van der Waals surface area contributed by atoms with E-state index in [9.17, 15) is 9.90 Å². The highest BCUT2D eigenvalue weighted by atomic mass is 16.5. The highest BCUT2D eigenvalue weighted by Gasteiger charge is 2.43. The van der Waals surface area contributed by atoms with E-state index >= 15 is 0 Å². The second kappa shape index (κ2) is 4.82. The number of rotatable bonds is 4. The van der Waals surface area contributed by atoms with Gasteiger partial charge >= 0.3 is 0 Å². The monoisotopic (exact) mass is 232 g/mol. The molecule has 1 aromatic carbocycles. The van der Waals surface area contributed by atoms with Crippen LogP contribution in [0.4, 0.5) is 0 Å². The zero-order valence-corrected chi connectivity index (χ0v) is 9.80. The maximum atomic E-state index is 11.9. The summed E-state index contributed by atoms with van der Waals surface area (Å²) >= 11 is 0. The zero-order chi connectivity index (χ0) is 12.3. The number of carbonyl (C=O) groups is 1. The van der Waals surface area contributed by atoms with Gasteiger partial charge in [0.15, 0.2) is 5.78 Å². The quantitative estimate of drug-likeness (QED) is 0.859. The first-order valence-electron chi connectivity index (χ1n) is 5.75. The van der Waals surface area contributed by atoms with Crippen LogP contribution in [0.1, 0.15) is 18.4 Å². The van der Waals surface area contributed by atoms with Gasteiger partial charge in [-0.25, -0.2) is 0 Å². The Balaban J connectivity index is 2.28. The minimum Gasteiger partial charge on any atom is -0.382 e. The maximum absolute atomic E-state index is 11.9. The van der Waals surface area contributed by atoms with Crippen molar-refractivity contribution < 1.29 is 14.6 Å². The average Bonchev–Trinajstić information content (AvgIpc) is 2.64. The molecule has 90 valence electrons. The number of ether oxygens (including phenoxy) is 1. The highest BCUT2D eigenvalue weighted by Crippen LogP contribution is 2.35. The Hall–Kier alpha value is -1.45. The molecule has 0 unspecified atom stereocenters. The van der Waals surface area contributed by atoms with E-state index in [-0.39, 0.29) is 12.4 Å². The summed E-state index contributed by atoms with van der Waals surface area (Å²) in [6.45, 7) is 2.53. The van der Waals surface area contributed by atoms with E-state index in [1.807, 2.05) is 37.3 Å². The zero-order valence-electron chi connectivity index (χ0n) is 9.80. The van der Waals surface area contributed by atoms with E-state index in [2.05, 4.69) is 0 Å². The van der Waals surface area contributed by atoms with Crippen molar-refractivity contribution in [3.8, 4) is 0 Å². The summed E-state index contributed by atoms with van der Waals surface area (Å²) in [5.74, 6) is -0.617. The van der Waals surface area contributed by atoms with E-state index in [4.69, 9.17) is 4.74 Å². The summed E-state index contributed by atoms with van der Waals surface area (Å²) in [5.41, 5.74) is -0.390. The minimum absolute atomic E-state index is 0.0709. The van der Waals surface area contributed by atoms with Gasteiger partial charge in [0, 0.05) is 6.61 Å². The predicted octanol–water partition coefficient (Wildman–Crippen LogP) is 1.68. The van der Waals surface area contributed by atoms with Crippen molar-refractivity contribution in [3.05, 3.63) is 48.0 Å². The Morgan fingerprint density at radius 2 is 2.06 bits per heavy atom. The van der Waals surface area contributed by atoms with Crippen molar-refractivity contribution in [1.29, 1.82) is 0 Å². The number of hydrogen-bond acceptors (Lipinski definition) is 3. The van der Waals surface area contributed by atoms with Crippen LogP contribution in [0.25, 0.3) is 0 Å². The third-order valence-electron chi connectivity index (χ3n) is 2.99. The van der Waals surface area contributed by atoms with Gasteiger partial charge in [-0.2, -0.15) is 0 Å². The topological polar surface area (TPSA) is 46.5 Å². The molecule has 3 heteroatoms. The summed E-state index contributed by atoms with van der Waals surface area (Å²) in [6.07, 6.45) is 2.99. The lowest BCUT2D eigenvalue weighted by Gasteiger charge is -2.28. The van der Waals surface area contributed by atoms with Crippen molar-refractivity contribution in [2.24, 2.45) is 0 Å². The lowest BCUT2D eigenvalue weighted by Crippen LogP contribution is -2.39. The van der Waals surface area contributed by atoms with Crippen LogP contribution in [0.15, 0.2) is 42.5 Å². The third kappa shape index (κ3) is 2.30. The first-order chi connectivity index (χ1) is 8.17. The predicted molar refractivity (Wildman–Crippen MR) is 64.8 cm³/mol. The van der Waals surface area contributed by atoms with Gasteiger partial charge in [0.05, 0.1) is 12.5 Å². The molecular formula is C14H16O3. The molecule has 3 nitrogen and oxygen atoms in total. The molecule has 0 saturated carbocycles. The van der Waals surface area contributed by atoms with Crippen LogP contribution in [0.3, 0.4) is 0 Å². The summed E-state index contributed by atoms with van der Waals surface area (Å²) in [4.78, 5) is 11.9. The van der Waals surface area contributed by atoms with E-state index in [1.165, 1.54) is 6.08 Å². The molecule has 1 aromatic rings. The van der Waals surface area contributed by atoms with Crippen LogP contribution in [0, 0.1) is 0 Å². The lowest BCUT2D eigenvalue weighted by molar-refractivity contribution is -0.120. The Kier molecular flexibility index (Phi) is 3.41. The molecule has 0 saturated heterocycles. The minimum atomic E-state index is -1.21. The van der Waals surface area contributed by atoms with Gasteiger partial charge in [-0.1, -0.05) is 30.3 Å². The molecule has 2 atom stereocenters. The molecule has 0 amide bonds. The molecule has 0 aromatic heterocycles. The van der Waals surface area contributed by atoms with Crippen LogP contribution in [0.5, 0.6) is 0 Å². The number of hydrogen-bond donors (Lipinski definition) is 1. The highest BCUT2D eigenvalue weighted by molar-refractivity contribution is 5.99. The standard InChI is InChI=1S/C14H16O3/c1-2-17-10-14(16)9-8-12(15)13(14)11-6-4-3-5-7-11/h3-9,13,16H,2,10H2,1H3/t13-,14+/m1/s1. The first kappa shape index (κ1) is 12.0. The molecule has 0 spiro atoms. The summed E-state index contributed by atoms with van der Waals surface area (Å²) in [6, 6.07) is 9.32. The molecule has 17 heavy (non-hydrogen) atoms. The third-order valence-corrected chi connectivity index (χ3v) is 2.99. The maximum Gasteiger partial charge on any atom is 0.166 e. The fraction of sp³-hybridized carbons (Fsp3) is 0.357. The van der Waals surface area contributed by atoms with Crippen LogP contribution in [-0.4, -0.2) is 29.7 Å². The normalized spacial score (nSPS) is 27.6. The molecular weight excluding hydrogens is 216 g/mol. The largest absolute Gasteiger partial charge is 0.382 e. The molecule has 0 aliphatic heterocycles. The second-order valence-corrected chi connectivity index (χ2v) is 4.21. The fourth-order valence-corrected chi connectivity index (χ4v) is 2.16. The van der Waals surface area contributed by atoms with E-state index in [0.717, 1.165) is 5.56 Å². The van der Waals surface area contributed by atoms with E-state index < -0.39 is 11.5 Å². The van der Waals surface area contributed by atoms with Crippen LogP contribution in [-0.2, 0) is 9.53 Å². The SMILES string of the molecule is CCOC[C@@]1(O)C=CC(=O)[C@H]1c1ccccc1. The smallest absolute Gasteiger partial charge is 0.166 e. The van der Waals surface area contributed by atoms with Crippen LogP contribution >= 0.6 is 0 Å². The van der Waals surface area contributed by atoms with Crippen molar-refractivity contribution in [3.63, 3.8) is 0 Å². The Bertz CT molecular complexity index is 424.